The topological polar surface area (TPSA) is 80.8 Å². The summed E-state index contributed by atoms with van der Waals surface area (Å²) in [5.74, 6) is 1.01. The summed E-state index contributed by atoms with van der Waals surface area (Å²) in [5.41, 5.74) is 1.09. The van der Waals surface area contributed by atoms with Gasteiger partial charge in [0, 0.05) is 29.4 Å². The van der Waals surface area contributed by atoms with E-state index in [4.69, 9.17) is 21.1 Å². The summed E-state index contributed by atoms with van der Waals surface area (Å²) < 4.78 is 11.3. The summed E-state index contributed by atoms with van der Waals surface area (Å²) in [6.45, 7) is 3.11. The molecule has 10 heteroatoms. The lowest BCUT2D eigenvalue weighted by molar-refractivity contribution is -0.113. The van der Waals surface area contributed by atoms with E-state index >= 15 is 0 Å². The van der Waals surface area contributed by atoms with Gasteiger partial charge in [-0.25, -0.2) is 4.98 Å². The first-order chi connectivity index (χ1) is 15.5. The van der Waals surface area contributed by atoms with Crippen molar-refractivity contribution in [2.45, 2.75) is 18.5 Å². The smallest absolute Gasteiger partial charge is 0.256 e. The fourth-order valence-electron chi connectivity index (χ4n) is 3.10. The molecule has 0 saturated carbocycles. The standard InChI is InChI=1S/C22H20ClN3O4S2/c1-2-26(11-15-6-8-19(23)32-15)22(28)16-4-3-9-24-21(16)31-12-20(27)25-14-5-7-17-18(10-14)30-13-29-17/h3-10H,2,11-13H2,1H3,(H,25,27). The van der Waals surface area contributed by atoms with E-state index in [0.29, 0.717) is 45.2 Å². The second-order valence-electron chi connectivity index (χ2n) is 6.79. The van der Waals surface area contributed by atoms with E-state index in [2.05, 4.69) is 10.3 Å². The minimum Gasteiger partial charge on any atom is -0.454 e. The summed E-state index contributed by atoms with van der Waals surface area (Å²) in [5, 5.41) is 3.34. The Morgan fingerprint density at radius 3 is 2.84 bits per heavy atom. The van der Waals surface area contributed by atoms with Crippen LogP contribution in [0.4, 0.5) is 5.69 Å². The molecule has 1 aliphatic rings. The van der Waals surface area contributed by atoms with Gasteiger partial charge in [-0.1, -0.05) is 23.4 Å². The van der Waals surface area contributed by atoms with Crippen molar-refractivity contribution < 1.29 is 19.1 Å². The van der Waals surface area contributed by atoms with Gasteiger partial charge in [0.15, 0.2) is 11.5 Å². The minimum atomic E-state index is -0.210. The van der Waals surface area contributed by atoms with E-state index < -0.39 is 0 Å². The SMILES string of the molecule is CCN(Cc1ccc(Cl)s1)C(=O)c1cccnc1SCC(=O)Nc1ccc2c(c1)OCO2. The number of thiophene rings is 1. The molecule has 166 valence electrons. The van der Waals surface area contributed by atoms with Crippen LogP contribution in [0.25, 0.3) is 0 Å². The van der Waals surface area contributed by atoms with Gasteiger partial charge >= 0.3 is 0 Å². The maximum Gasteiger partial charge on any atom is 0.256 e. The van der Waals surface area contributed by atoms with Crippen LogP contribution in [0.3, 0.4) is 0 Å². The highest BCUT2D eigenvalue weighted by Gasteiger charge is 2.20. The highest BCUT2D eigenvalue weighted by Crippen LogP contribution is 2.34. The number of thioether (sulfide) groups is 1. The quantitative estimate of drug-likeness (QED) is 0.452. The van der Waals surface area contributed by atoms with E-state index in [1.54, 1.807) is 41.4 Å². The zero-order valence-electron chi connectivity index (χ0n) is 17.2. The molecule has 0 bridgehead atoms. The van der Waals surface area contributed by atoms with Crippen LogP contribution >= 0.6 is 34.7 Å². The number of benzene rings is 1. The fraction of sp³-hybridized carbons (Fsp3) is 0.227. The molecule has 0 saturated heterocycles. The van der Waals surface area contributed by atoms with Crippen molar-refractivity contribution in [2.75, 3.05) is 24.4 Å². The Morgan fingerprint density at radius 1 is 1.22 bits per heavy atom. The van der Waals surface area contributed by atoms with E-state index in [9.17, 15) is 9.59 Å². The zero-order chi connectivity index (χ0) is 22.5. The first-order valence-corrected chi connectivity index (χ1v) is 12.0. The van der Waals surface area contributed by atoms with E-state index in [0.717, 1.165) is 4.88 Å². The predicted octanol–water partition coefficient (Wildman–Crippen LogP) is 4.92. The molecule has 3 heterocycles. The summed E-state index contributed by atoms with van der Waals surface area (Å²) >= 11 is 8.69. The Labute approximate surface area is 198 Å². The van der Waals surface area contributed by atoms with Gasteiger partial charge in [0.1, 0.15) is 5.03 Å². The molecule has 0 aliphatic carbocycles. The number of amides is 2. The van der Waals surface area contributed by atoms with Gasteiger partial charge in [-0.2, -0.15) is 0 Å². The van der Waals surface area contributed by atoms with Crippen LogP contribution in [-0.2, 0) is 11.3 Å². The average molecular weight is 490 g/mol. The molecule has 0 spiro atoms. The third kappa shape index (κ3) is 5.35. The number of hydrogen-bond donors (Lipinski definition) is 1. The molecule has 0 fully saturated rings. The minimum absolute atomic E-state index is 0.110. The second-order valence-corrected chi connectivity index (χ2v) is 9.55. The van der Waals surface area contributed by atoms with Gasteiger partial charge in [-0.3, -0.25) is 9.59 Å². The summed E-state index contributed by atoms with van der Waals surface area (Å²) in [7, 11) is 0. The van der Waals surface area contributed by atoms with Crippen molar-refractivity contribution in [3.8, 4) is 11.5 Å². The van der Waals surface area contributed by atoms with Gasteiger partial charge in [0.2, 0.25) is 12.7 Å². The van der Waals surface area contributed by atoms with Gasteiger partial charge in [0.25, 0.3) is 5.91 Å². The van der Waals surface area contributed by atoms with Crippen LogP contribution in [0.2, 0.25) is 4.34 Å². The maximum atomic E-state index is 13.2. The van der Waals surface area contributed by atoms with Gasteiger partial charge in [-0.15, -0.1) is 11.3 Å². The molecule has 0 unspecified atom stereocenters. The lowest BCUT2D eigenvalue weighted by Gasteiger charge is -2.21. The molecule has 1 aromatic carbocycles. The number of carbonyl (C=O) groups is 2. The number of fused-ring (bicyclic) bond motifs is 1. The molecular formula is C22H20ClN3O4S2. The number of nitrogens with one attached hydrogen (secondary N) is 1. The molecule has 7 nitrogen and oxygen atoms in total. The number of nitrogens with zero attached hydrogens (tertiary/aromatic N) is 2. The highest BCUT2D eigenvalue weighted by atomic mass is 35.5. The van der Waals surface area contributed by atoms with Crippen molar-refractivity contribution in [1.82, 2.24) is 9.88 Å². The van der Waals surface area contributed by atoms with Crippen molar-refractivity contribution in [3.05, 3.63) is 63.4 Å². The number of aromatic nitrogens is 1. The summed E-state index contributed by atoms with van der Waals surface area (Å²) in [6.07, 6.45) is 1.62. The highest BCUT2D eigenvalue weighted by molar-refractivity contribution is 8.00. The van der Waals surface area contributed by atoms with Crippen molar-refractivity contribution in [1.29, 1.82) is 0 Å². The Bertz CT molecular complexity index is 1140. The average Bonchev–Trinajstić information content (AvgIpc) is 3.44. The number of pyridine rings is 1. The Kier molecular flexibility index (Phi) is 7.19. The Morgan fingerprint density at radius 2 is 2.06 bits per heavy atom. The molecule has 4 rings (SSSR count). The summed E-state index contributed by atoms with van der Waals surface area (Å²) in [4.78, 5) is 32.7. The van der Waals surface area contributed by atoms with Crippen LogP contribution < -0.4 is 14.8 Å². The molecule has 0 atom stereocenters. The predicted molar refractivity (Wildman–Crippen MR) is 126 cm³/mol. The number of hydrogen-bond acceptors (Lipinski definition) is 7. The number of ether oxygens (including phenoxy) is 2. The third-order valence-electron chi connectivity index (χ3n) is 4.64. The van der Waals surface area contributed by atoms with Crippen molar-refractivity contribution in [3.63, 3.8) is 0 Å². The normalized spacial score (nSPS) is 11.9. The monoisotopic (exact) mass is 489 g/mol. The van der Waals surface area contributed by atoms with E-state index in [-0.39, 0.29) is 24.4 Å². The number of rotatable bonds is 8. The Balaban J connectivity index is 1.40. The molecule has 32 heavy (non-hydrogen) atoms. The fourth-order valence-corrected chi connectivity index (χ4v) is 4.99. The lowest BCUT2D eigenvalue weighted by Crippen LogP contribution is -2.30. The van der Waals surface area contributed by atoms with E-state index in [1.807, 2.05) is 19.1 Å². The molecule has 2 aromatic heterocycles. The van der Waals surface area contributed by atoms with Gasteiger partial charge in [-0.05, 0) is 43.3 Å². The zero-order valence-corrected chi connectivity index (χ0v) is 19.6. The van der Waals surface area contributed by atoms with Crippen LogP contribution in [0, 0.1) is 0 Å². The van der Waals surface area contributed by atoms with E-state index in [1.165, 1.54) is 23.1 Å². The molecule has 1 N–H and O–H groups in total. The lowest BCUT2D eigenvalue weighted by atomic mass is 10.2. The first kappa shape index (κ1) is 22.4. The second kappa shape index (κ2) is 10.2. The third-order valence-corrected chi connectivity index (χ3v) is 6.86. The Hall–Kier alpha value is -2.75. The van der Waals surface area contributed by atoms with Crippen molar-refractivity contribution in [2.24, 2.45) is 0 Å². The molecule has 3 aromatic rings. The van der Waals surface area contributed by atoms with Crippen LogP contribution in [0.5, 0.6) is 11.5 Å². The first-order valence-electron chi connectivity index (χ1n) is 9.84. The molecule has 0 radical (unpaired) electrons. The number of anilines is 1. The molecule has 2 amide bonds. The van der Waals surface area contributed by atoms with Crippen LogP contribution in [0.1, 0.15) is 22.2 Å². The van der Waals surface area contributed by atoms with Gasteiger partial charge in [0.05, 0.1) is 22.2 Å². The molecular weight excluding hydrogens is 470 g/mol. The maximum absolute atomic E-state index is 13.2. The number of halogens is 1. The number of carbonyl (C=O) groups excluding carboxylic acids is 2. The largest absolute Gasteiger partial charge is 0.454 e. The van der Waals surface area contributed by atoms with Crippen molar-refractivity contribution >= 4 is 52.2 Å². The van der Waals surface area contributed by atoms with Crippen LogP contribution in [0.15, 0.2) is 53.7 Å². The molecule has 1 aliphatic heterocycles. The van der Waals surface area contributed by atoms with Crippen LogP contribution in [-0.4, -0.2) is 40.8 Å². The van der Waals surface area contributed by atoms with Gasteiger partial charge < -0.3 is 19.7 Å². The summed E-state index contributed by atoms with van der Waals surface area (Å²) in [6, 6.07) is 12.4.